The molecule has 0 atom stereocenters. The van der Waals surface area contributed by atoms with Crippen molar-refractivity contribution in [3.8, 4) is 0 Å². The molecule has 0 aliphatic rings. The Morgan fingerprint density at radius 1 is 0.875 bits per heavy atom. The lowest BCUT2D eigenvalue weighted by atomic mass is 10.5. The average Bonchev–Trinajstić information content (AvgIpc) is 1.90. The van der Waals surface area contributed by atoms with Gasteiger partial charge in [-0.05, 0) is 6.42 Å². The van der Waals surface area contributed by atoms with Crippen molar-refractivity contribution in [1.29, 1.82) is 0 Å². The maximum Gasteiger partial charge on any atom is 0.364 e. The van der Waals surface area contributed by atoms with Crippen LogP contribution in [0.3, 0.4) is 0 Å². The molecule has 0 radical (unpaired) electrons. The molecule has 0 saturated carbocycles. The van der Waals surface area contributed by atoms with Crippen LogP contribution < -0.4 is 0 Å². The van der Waals surface area contributed by atoms with Crippen molar-refractivity contribution in [2.75, 3.05) is 6.16 Å². The quantitative estimate of drug-likeness (QED) is 0.374. The second kappa shape index (κ2) is 5.23. The molecule has 6 N–H and O–H groups in total. The largest absolute Gasteiger partial charge is 0.364 e. The third-order valence-corrected chi connectivity index (χ3v) is 5.31. The number of hydrogen-bond donors (Lipinski definition) is 6. The monoisotopic (exact) mass is 296 g/mol. The number of allylic oxidation sites excluding steroid dienone is 1. The Morgan fingerprint density at radius 2 is 1.25 bits per heavy atom. The average molecular weight is 296 g/mol. The van der Waals surface area contributed by atoms with Gasteiger partial charge in [0.25, 0.3) is 0 Å². The maximum atomic E-state index is 10.7. The van der Waals surface area contributed by atoms with Crippen molar-refractivity contribution < 1.29 is 43.1 Å². The minimum atomic E-state index is -5.13. The summed E-state index contributed by atoms with van der Waals surface area (Å²) in [6.45, 7) is 0. The Bertz CT molecular complexity index is 382. The molecule has 0 aliphatic heterocycles. The molecule has 0 saturated heterocycles. The van der Waals surface area contributed by atoms with Crippen LogP contribution in [0.1, 0.15) is 6.42 Å². The normalized spacial score (nSPS) is 13.6. The second-order valence-electron chi connectivity index (χ2n) is 2.83. The van der Waals surface area contributed by atoms with Crippen LogP contribution >= 0.6 is 22.8 Å². The van der Waals surface area contributed by atoms with Crippen LogP contribution in [0.25, 0.3) is 0 Å². The van der Waals surface area contributed by atoms with Crippen LogP contribution in [0.2, 0.25) is 0 Å². The van der Waals surface area contributed by atoms with Crippen molar-refractivity contribution in [2.24, 2.45) is 0 Å². The number of hydrogen-bond acceptors (Lipinski definition) is 3. The fourth-order valence-electron chi connectivity index (χ4n) is 0.769. The molecule has 0 aromatic rings. The molecule has 0 amide bonds. The van der Waals surface area contributed by atoms with Crippen molar-refractivity contribution in [2.45, 2.75) is 6.42 Å². The fourth-order valence-corrected chi connectivity index (χ4v) is 3.33. The van der Waals surface area contributed by atoms with Crippen LogP contribution in [0.15, 0.2) is 11.1 Å². The van der Waals surface area contributed by atoms with Crippen molar-refractivity contribution >= 4 is 22.8 Å². The molecular weight excluding hydrogens is 285 g/mol. The maximum absolute atomic E-state index is 10.7. The Morgan fingerprint density at radius 3 is 1.50 bits per heavy atom. The molecule has 96 valence electrons. The first kappa shape index (κ1) is 16.2. The molecule has 12 heteroatoms. The molecule has 0 spiro atoms. The van der Waals surface area contributed by atoms with Gasteiger partial charge in [0.1, 0.15) is 5.06 Å². The van der Waals surface area contributed by atoms with Gasteiger partial charge < -0.3 is 29.4 Å². The second-order valence-corrected chi connectivity index (χ2v) is 8.10. The van der Waals surface area contributed by atoms with Crippen molar-refractivity contribution in [3.63, 3.8) is 0 Å². The summed E-state index contributed by atoms with van der Waals surface area (Å²) in [4.78, 5) is 51.3. The summed E-state index contributed by atoms with van der Waals surface area (Å²) in [5, 5.41) is -1.42. The van der Waals surface area contributed by atoms with Gasteiger partial charge in [0, 0.05) is 0 Å². The molecular formula is C4H11O9P3. The van der Waals surface area contributed by atoms with Crippen molar-refractivity contribution in [1.82, 2.24) is 0 Å². The van der Waals surface area contributed by atoms with Gasteiger partial charge in [0.2, 0.25) is 0 Å². The minimum absolute atomic E-state index is 0.459. The highest BCUT2D eigenvalue weighted by Gasteiger charge is 2.35. The minimum Gasteiger partial charge on any atom is -0.324 e. The van der Waals surface area contributed by atoms with E-state index in [0.29, 0.717) is 6.08 Å². The molecule has 16 heavy (non-hydrogen) atoms. The molecule has 0 aliphatic carbocycles. The first-order valence-electron chi connectivity index (χ1n) is 3.71. The van der Waals surface area contributed by atoms with Crippen LogP contribution in [0.4, 0.5) is 0 Å². The standard InChI is InChI=1S/C4H11O9P3/c5-14(6,7)3-1-2-4(15(8,9)10)16(11,12)13/h2H,1,3H2,(H2,5,6,7)(H2,8,9,10)(H2,11,12,13). The Hall–Kier alpha value is 0.190. The van der Waals surface area contributed by atoms with Gasteiger partial charge in [-0.3, -0.25) is 13.7 Å². The van der Waals surface area contributed by atoms with Gasteiger partial charge in [-0.2, -0.15) is 0 Å². The predicted molar refractivity (Wildman–Crippen MR) is 53.7 cm³/mol. The van der Waals surface area contributed by atoms with Gasteiger partial charge in [-0.25, -0.2) is 0 Å². The van der Waals surface area contributed by atoms with Gasteiger partial charge in [-0.1, -0.05) is 6.08 Å². The molecule has 9 nitrogen and oxygen atoms in total. The first-order chi connectivity index (χ1) is 6.84. The SMILES string of the molecule is O=P(O)(O)CCC=C(P(=O)(O)O)P(=O)(O)O. The van der Waals surface area contributed by atoms with E-state index in [0.717, 1.165) is 0 Å². The zero-order chi connectivity index (χ0) is 13.2. The highest BCUT2D eigenvalue weighted by atomic mass is 31.2. The zero-order valence-corrected chi connectivity index (χ0v) is 10.4. The summed E-state index contributed by atoms with van der Waals surface area (Å²) < 4.78 is 31.7. The Kier molecular flexibility index (Phi) is 5.29. The predicted octanol–water partition coefficient (Wildman–Crippen LogP) is -0.249. The van der Waals surface area contributed by atoms with E-state index >= 15 is 0 Å². The highest BCUT2D eigenvalue weighted by Crippen LogP contribution is 2.64. The van der Waals surface area contributed by atoms with Gasteiger partial charge in [-0.15, -0.1) is 0 Å². The lowest BCUT2D eigenvalue weighted by molar-refractivity contribution is 0.364. The molecule has 0 aromatic heterocycles. The van der Waals surface area contributed by atoms with E-state index in [1.165, 1.54) is 0 Å². The van der Waals surface area contributed by atoms with Crippen LogP contribution in [-0.2, 0) is 13.7 Å². The lowest BCUT2D eigenvalue weighted by Gasteiger charge is -2.10. The Balaban J connectivity index is 4.97. The van der Waals surface area contributed by atoms with E-state index in [9.17, 15) is 13.7 Å². The van der Waals surface area contributed by atoms with Crippen LogP contribution in [-0.4, -0.2) is 35.5 Å². The summed E-state index contributed by atoms with van der Waals surface area (Å²) in [7, 11) is -14.6. The van der Waals surface area contributed by atoms with Gasteiger partial charge in [0.15, 0.2) is 0 Å². The topological polar surface area (TPSA) is 173 Å². The van der Waals surface area contributed by atoms with Gasteiger partial charge >= 0.3 is 22.8 Å². The Labute approximate surface area is 90.3 Å². The molecule has 0 rings (SSSR count). The summed E-state index contributed by atoms with van der Waals surface area (Å²) in [6, 6.07) is 0. The van der Waals surface area contributed by atoms with E-state index < -0.39 is 40.4 Å². The van der Waals surface area contributed by atoms with Crippen molar-refractivity contribution in [3.05, 3.63) is 11.1 Å². The van der Waals surface area contributed by atoms with E-state index in [1.54, 1.807) is 0 Å². The van der Waals surface area contributed by atoms with E-state index in [-0.39, 0.29) is 0 Å². The summed E-state index contributed by atoms with van der Waals surface area (Å²) in [6.07, 6.45) is -0.840. The smallest absolute Gasteiger partial charge is 0.324 e. The van der Waals surface area contributed by atoms with E-state index in [2.05, 4.69) is 0 Å². The molecule has 0 bridgehead atoms. The molecule has 0 aromatic carbocycles. The van der Waals surface area contributed by atoms with E-state index in [1.807, 2.05) is 0 Å². The molecule has 0 fully saturated rings. The van der Waals surface area contributed by atoms with Crippen LogP contribution in [0, 0.1) is 0 Å². The lowest BCUT2D eigenvalue weighted by Crippen LogP contribution is -1.91. The third-order valence-electron chi connectivity index (χ3n) is 1.34. The van der Waals surface area contributed by atoms with Gasteiger partial charge in [0.05, 0.1) is 6.16 Å². The fraction of sp³-hybridized carbons (Fsp3) is 0.500. The highest BCUT2D eigenvalue weighted by molar-refractivity contribution is 7.77. The summed E-state index contributed by atoms with van der Waals surface area (Å²) >= 11 is 0. The molecule has 0 unspecified atom stereocenters. The van der Waals surface area contributed by atoms with E-state index in [4.69, 9.17) is 29.4 Å². The summed E-state index contributed by atoms with van der Waals surface area (Å²) in [5.41, 5.74) is 0. The third kappa shape index (κ3) is 6.70. The summed E-state index contributed by atoms with van der Waals surface area (Å²) in [5.74, 6) is 0. The zero-order valence-electron chi connectivity index (χ0n) is 7.74. The first-order valence-corrected chi connectivity index (χ1v) is 8.73. The molecule has 0 heterocycles. The van der Waals surface area contributed by atoms with Crippen LogP contribution in [0.5, 0.6) is 0 Å². The number of rotatable bonds is 5.